The van der Waals surface area contributed by atoms with E-state index in [1.165, 1.54) is 50.2 Å². The Kier molecular flexibility index (Phi) is 12.5. The number of carboxylic acids is 2. The number of hydrogen-bond acceptors (Lipinski definition) is 6. The fraction of sp³-hybridized carbons (Fsp3) is 0.385. The minimum absolute atomic E-state index is 0.117. The zero-order valence-electron chi connectivity index (χ0n) is 20.2. The summed E-state index contributed by atoms with van der Waals surface area (Å²) in [5.74, 6) is -5.35. The highest BCUT2D eigenvalue weighted by molar-refractivity contribution is 5.88. The van der Waals surface area contributed by atoms with Gasteiger partial charge in [-0.15, -0.1) is 0 Å². The van der Waals surface area contributed by atoms with Crippen molar-refractivity contribution in [3.8, 4) is 0 Å². The van der Waals surface area contributed by atoms with E-state index in [-0.39, 0.29) is 37.2 Å². The Hall–Kier alpha value is -3.50. The number of carbonyl (C=O) groups is 4. The third-order valence-corrected chi connectivity index (χ3v) is 5.35. The molecule has 2 aromatic rings. The van der Waals surface area contributed by atoms with Gasteiger partial charge in [0.25, 0.3) is 0 Å². The molecule has 196 valence electrons. The van der Waals surface area contributed by atoms with Crippen LogP contribution in [-0.4, -0.2) is 45.8 Å². The van der Waals surface area contributed by atoms with Crippen LogP contribution in [0.2, 0.25) is 0 Å². The van der Waals surface area contributed by atoms with Crippen molar-refractivity contribution in [3.63, 3.8) is 0 Å². The van der Waals surface area contributed by atoms with Gasteiger partial charge in [0.15, 0.2) is 0 Å². The highest BCUT2D eigenvalue weighted by Gasteiger charge is 2.24. The summed E-state index contributed by atoms with van der Waals surface area (Å²) in [6, 6.07) is 10.0. The maximum Gasteiger partial charge on any atom is 0.307 e. The molecule has 10 heteroatoms. The number of benzene rings is 2. The number of rotatable bonds is 12. The predicted molar refractivity (Wildman–Crippen MR) is 129 cm³/mol. The molecule has 2 rings (SSSR count). The molecule has 0 aliphatic carbocycles. The van der Waals surface area contributed by atoms with Gasteiger partial charge in [0.1, 0.15) is 23.2 Å². The fourth-order valence-corrected chi connectivity index (χ4v) is 3.25. The quantitative estimate of drug-likeness (QED) is 0.342. The summed E-state index contributed by atoms with van der Waals surface area (Å²) >= 11 is 0. The van der Waals surface area contributed by atoms with E-state index in [2.05, 4.69) is 0 Å². The predicted octanol–water partition coefficient (Wildman–Crippen LogP) is 2.75. The van der Waals surface area contributed by atoms with Crippen LogP contribution in [0, 0.1) is 23.5 Å². The van der Waals surface area contributed by atoms with E-state index in [1.807, 2.05) is 0 Å². The van der Waals surface area contributed by atoms with E-state index in [9.17, 15) is 28.0 Å². The summed E-state index contributed by atoms with van der Waals surface area (Å²) in [4.78, 5) is 45.0. The van der Waals surface area contributed by atoms with Gasteiger partial charge < -0.3 is 21.7 Å². The van der Waals surface area contributed by atoms with Crippen molar-refractivity contribution in [1.29, 1.82) is 0 Å². The normalized spacial score (nSPS) is 13.9. The van der Waals surface area contributed by atoms with Crippen LogP contribution in [0.4, 0.5) is 8.78 Å². The summed E-state index contributed by atoms with van der Waals surface area (Å²) in [6.07, 6.45) is -0.0376. The molecular weight excluding hydrogens is 474 g/mol. The largest absolute Gasteiger partial charge is 0.481 e. The highest BCUT2D eigenvalue weighted by atomic mass is 19.1. The van der Waals surface area contributed by atoms with E-state index >= 15 is 0 Å². The average molecular weight is 507 g/mol. The molecule has 0 bridgehead atoms. The zero-order chi connectivity index (χ0) is 27.4. The molecule has 36 heavy (non-hydrogen) atoms. The number of carbonyl (C=O) groups excluding carboxylic acids is 2. The van der Waals surface area contributed by atoms with Gasteiger partial charge in [-0.25, -0.2) is 8.78 Å². The van der Waals surface area contributed by atoms with Gasteiger partial charge >= 0.3 is 11.9 Å². The third kappa shape index (κ3) is 11.3. The summed E-state index contributed by atoms with van der Waals surface area (Å²) < 4.78 is 26.0. The smallest absolute Gasteiger partial charge is 0.307 e. The first-order valence-corrected chi connectivity index (χ1v) is 11.3. The average Bonchev–Trinajstić information content (AvgIpc) is 2.78. The Morgan fingerprint density at radius 1 is 0.722 bits per heavy atom. The first-order valence-electron chi connectivity index (χ1n) is 11.3. The second kappa shape index (κ2) is 14.8. The molecule has 0 aliphatic rings. The molecule has 8 nitrogen and oxygen atoms in total. The lowest BCUT2D eigenvalue weighted by atomic mass is 9.93. The van der Waals surface area contributed by atoms with Gasteiger partial charge in [-0.3, -0.25) is 19.2 Å². The molecule has 6 N–H and O–H groups in total. The minimum atomic E-state index is -1.08. The van der Waals surface area contributed by atoms with Gasteiger partial charge in [-0.05, 0) is 62.1 Å². The molecule has 2 aromatic carbocycles. The molecule has 0 saturated carbocycles. The lowest BCUT2D eigenvalue weighted by Gasteiger charge is -2.13. The van der Waals surface area contributed by atoms with Crippen LogP contribution in [0.5, 0.6) is 0 Å². The van der Waals surface area contributed by atoms with Crippen LogP contribution in [0.25, 0.3) is 0 Å². The van der Waals surface area contributed by atoms with Crippen molar-refractivity contribution in [2.24, 2.45) is 23.3 Å². The minimum Gasteiger partial charge on any atom is -0.481 e. The Bertz CT molecular complexity index is 975. The van der Waals surface area contributed by atoms with Gasteiger partial charge in [0, 0.05) is 12.8 Å². The summed E-state index contributed by atoms with van der Waals surface area (Å²) in [6.45, 7) is 3.03. The molecule has 0 saturated heterocycles. The van der Waals surface area contributed by atoms with Crippen LogP contribution >= 0.6 is 0 Å². The molecule has 0 spiro atoms. The summed E-state index contributed by atoms with van der Waals surface area (Å²) in [7, 11) is 0. The van der Waals surface area contributed by atoms with Crippen molar-refractivity contribution in [1.82, 2.24) is 0 Å². The lowest BCUT2D eigenvalue weighted by Crippen LogP contribution is -2.31. The van der Waals surface area contributed by atoms with Crippen molar-refractivity contribution >= 4 is 23.5 Å². The molecule has 0 aliphatic heterocycles. The number of hydrogen-bond donors (Lipinski definition) is 4. The van der Waals surface area contributed by atoms with Crippen LogP contribution in [0.3, 0.4) is 0 Å². The zero-order valence-corrected chi connectivity index (χ0v) is 20.2. The first-order chi connectivity index (χ1) is 16.8. The van der Waals surface area contributed by atoms with E-state index in [4.69, 9.17) is 21.7 Å². The SMILES string of the molecule is C[C@H](N)C(=O)C[C@@H](Cc1cccc(F)c1)C(=O)O.C[C@H](N)C(=O)C[C@H](Cc1cccc(F)c1)C(=O)O. The maximum atomic E-state index is 13.0. The molecular formula is C26H32F2N2O6. The Balaban J connectivity index is 0.000000360. The molecule has 0 aromatic heterocycles. The fourth-order valence-electron chi connectivity index (χ4n) is 3.25. The molecule has 0 radical (unpaired) electrons. The lowest BCUT2D eigenvalue weighted by molar-refractivity contribution is -0.144. The Morgan fingerprint density at radius 2 is 1.06 bits per heavy atom. The van der Waals surface area contributed by atoms with E-state index < -0.39 is 47.5 Å². The van der Waals surface area contributed by atoms with Crippen molar-refractivity contribution < 1.29 is 38.2 Å². The van der Waals surface area contributed by atoms with Gasteiger partial charge in [-0.1, -0.05) is 24.3 Å². The number of Topliss-reactive ketones (excluding diaryl/α,β-unsaturated/α-hetero) is 2. The number of carboxylic acid groups (broad SMARTS) is 2. The van der Waals surface area contributed by atoms with E-state index in [0.717, 1.165) is 0 Å². The van der Waals surface area contributed by atoms with E-state index in [0.29, 0.717) is 11.1 Å². The third-order valence-electron chi connectivity index (χ3n) is 5.35. The van der Waals surface area contributed by atoms with Crippen LogP contribution in [-0.2, 0) is 32.0 Å². The van der Waals surface area contributed by atoms with Gasteiger partial charge in [0.2, 0.25) is 0 Å². The van der Waals surface area contributed by atoms with Crippen molar-refractivity contribution in [2.75, 3.05) is 0 Å². The molecule has 0 fully saturated rings. The number of aliphatic carboxylic acids is 2. The second-order valence-corrected chi connectivity index (χ2v) is 8.66. The standard InChI is InChI=1S/2C13H16FNO3/c2*1-8(15)12(16)7-10(13(17)18)5-9-3-2-4-11(14)6-9/h2*2-4,6,8,10H,5,7,15H2,1H3,(H,17,18)/t8-,10+;8-,10-/m00/s1. The van der Waals surface area contributed by atoms with Crippen LogP contribution in [0.1, 0.15) is 37.8 Å². The van der Waals surface area contributed by atoms with Gasteiger partial charge in [-0.2, -0.15) is 0 Å². The van der Waals surface area contributed by atoms with Gasteiger partial charge in [0.05, 0.1) is 23.9 Å². The monoisotopic (exact) mass is 506 g/mol. The van der Waals surface area contributed by atoms with Crippen molar-refractivity contribution in [3.05, 3.63) is 71.3 Å². The maximum absolute atomic E-state index is 13.0. The second-order valence-electron chi connectivity index (χ2n) is 8.66. The highest BCUT2D eigenvalue weighted by Crippen LogP contribution is 2.16. The first kappa shape index (κ1) is 30.5. The van der Waals surface area contributed by atoms with Crippen LogP contribution in [0.15, 0.2) is 48.5 Å². The molecule has 0 amide bonds. The molecule has 0 unspecified atom stereocenters. The summed E-state index contributed by atoms with van der Waals surface area (Å²) in [5.41, 5.74) is 11.9. The summed E-state index contributed by atoms with van der Waals surface area (Å²) in [5, 5.41) is 18.1. The van der Waals surface area contributed by atoms with E-state index in [1.54, 1.807) is 12.1 Å². The van der Waals surface area contributed by atoms with Crippen molar-refractivity contribution in [2.45, 2.75) is 51.6 Å². The number of ketones is 2. The molecule has 0 heterocycles. The Morgan fingerprint density at radius 3 is 1.31 bits per heavy atom. The molecule has 4 atom stereocenters. The number of nitrogens with two attached hydrogens (primary N) is 2. The van der Waals surface area contributed by atoms with Crippen LogP contribution < -0.4 is 11.5 Å². The number of halogens is 2. The Labute approximate surface area is 208 Å². The topological polar surface area (TPSA) is 161 Å².